The van der Waals surface area contributed by atoms with Crippen LogP contribution >= 0.6 is 0 Å². The van der Waals surface area contributed by atoms with Gasteiger partial charge in [-0.1, -0.05) is 159 Å². The number of hydrogen-bond donors (Lipinski definition) is 0. The molecule has 0 amide bonds. The van der Waals surface area contributed by atoms with Crippen molar-refractivity contribution >= 4 is 101 Å². The molecule has 0 atom stereocenters. The number of hydrogen-bond acceptors (Lipinski definition) is 3. The first-order valence-electron chi connectivity index (χ1n) is 27.8. The van der Waals surface area contributed by atoms with Crippen LogP contribution in [0.2, 0.25) is 0 Å². The molecule has 0 bridgehead atoms. The minimum atomic E-state index is -0.175. The summed E-state index contributed by atoms with van der Waals surface area (Å²) in [5.41, 5.74) is 30.5. The van der Waals surface area contributed by atoms with Crippen molar-refractivity contribution in [3.63, 3.8) is 0 Å². The standard InChI is InChI=1S/C72H70BN3O/c1-41-22-20-23-42(2)67(41)74-57-27-18-16-24-52(57)54-39-56-60(40-58(54)74)76(68-43(3)32-47(33-44(68)4)51-26-21-29-64-65(51)53-25-17-19-28-63(53)77-64)62-38-50(72(13,14)15)37-61-66(62)73(56)55-31-30-48(70(7,8)9)36-59(55)75(61)69-45(5)34-49(35-46(69)6)71(10,11)12/h16-40H,1-15H3. The van der Waals surface area contributed by atoms with Gasteiger partial charge in [-0.3, -0.25) is 0 Å². The van der Waals surface area contributed by atoms with Gasteiger partial charge in [-0.2, -0.15) is 0 Å². The molecule has 77 heavy (non-hydrogen) atoms. The maximum atomic E-state index is 6.47. The van der Waals surface area contributed by atoms with Crippen molar-refractivity contribution < 1.29 is 4.42 Å². The first kappa shape index (κ1) is 48.9. The van der Waals surface area contributed by atoms with Crippen LogP contribution in [-0.2, 0) is 16.2 Å². The lowest BCUT2D eigenvalue weighted by molar-refractivity contribution is 0.588. The molecule has 0 saturated heterocycles. The predicted octanol–water partition coefficient (Wildman–Crippen LogP) is 18.2. The molecule has 0 fully saturated rings. The van der Waals surface area contributed by atoms with Crippen LogP contribution in [0.5, 0.6) is 0 Å². The monoisotopic (exact) mass is 1000 g/mol. The Kier molecular flexibility index (Phi) is 10.7. The Morgan fingerprint density at radius 3 is 1.52 bits per heavy atom. The molecule has 13 rings (SSSR count). The molecule has 5 heteroatoms. The highest BCUT2D eigenvalue weighted by molar-refractivity contribution is 7.00. The zero-order valence-electron chi connectivity index (χ0n) is 47.8. The van der Waals surface area contributed by atoms with Gasteiger partial charge in [0.25, 0.3) is 6.71 Å². The van der Waals surface area contributed by atoms with Crippen LogP contribution in [0.3, 0.4) is 0 Å². The van der Waals surface area contributed by atoms with E-state index in [0.29, 0.717) is 0 Å². The van der Waals surface area contributed by atoms with Gasteiger partial charge in [0.1, 0.15) is 11.2 Å². The minimum absolute atomic E-state index is 0.00430. The third kappa shape index (κ3) is 7.39. The maximum absolute atomic E-state index is 6.47. The summed E-state index contributed by atoms with van der Waals surface area (Å²) in [6.45, 7) is 35.0. The highest BCUT2D eigenvalue weighted by Crippen LogP contribution is 2.51. The SMILES string of the molecule is Cc1cc(C(C)(C)C)cc(C)c1N1c2cc(C(C)(C)C)ccc2B2c3cc4c5ccccc5n(-c5c(C)cccc5C)c4cc3N(c3c(C)cc(-c4cccc5oc6ccccc6c45)cc3C)c3cc(C(C)(C)C)cc1c32. The first-order valence-corrected chi connectivity index (χ1v) is 27.8. The zero-order valence-corrected chi connectivity index (χ0v) is 47.8. The molecule has 9 aromatic carbocycles. The molecule has 4 heterocycles. The van der Waals surface area contributed by atoms with Crippen molar-refractivity contribution in [1.82, 2.24) is 4.57 Å². The molecular weight excluding hydrogens is 934 g/mol. The largest absolute Gasteiger partial charge is 0.456 e. The van der Waals surface area contributed by atoms with Gasteiger partial charge >= 0.3 is 0 Å². The molecular formula is C72H70BN3O. The van der Waals surface area contributed by atoms with Gasteiger partial charge in [-0.25, -0.2) is 0 Å². The molecule has 2 aromatic heterocycles. The lowest BCUT2D eigenvalue weighted by Crippen LogP contribution is -2.61. The van der Waals surface area contributed by atoms with Crippen molar-refractivity contribution in [2.45, 2.75) is 120 Å². The normalized spacial score (nSPS) is 13.6. The van der Waals surface area contributed by atoms with Gasteiger partial charge in [0, 0.05) is 44.3 Å². The Bertz CT molecular complexity index is 4250. The van der Waals surface area contributed by atoms with E-state index in [-0.39, 0.29) is 23.0 Å². The summed E-state index contributed by atoms with van der Waals surface area (Å²) >= 11 is 0. The Morgan fingerprint density at radius 2 is 0.896 bits per heavy atom. The maximum Gasteiger partial charge on any atom is 0.252 e. The van der Waals surface area contributed by atoms with Crippen molar-refractivity contribution in [2.24, 2.45) is 0 Å². The summed E-state index contributed by atoms with van der Waals surface area (Å²) in [4.78, 5) is 5.36. The lowest BCUT2D eigenvalue weighted by Gasteiger charge is -2.46. The second-order valence-corrected chi connectivity index (χ2v) is 25.8. The number of nitrogens with zero attached hydrogens (tertiary/aromatic N) is 3. The average molecular weight is 1000 g/mol. The van der Waals surface area contributed by atoms with E-state index in [4.69, 9.17) is 4.42 Å². The summed E-state index contributed by atoms with van der Waals surface area (Å²) in [5, 5.41) is 4.82. The Hall–Kier alpha value is -7.76. The Morgan fingerprint density at radius 1 is 0.377 bits per heavy atom. The van der Waals surface area contributed by atoms with E-state index in [2.05, 4.69) is 270 Å². The van der Waals surface area contributed by atoms with Gasteiger partial charge in [-0.15, -0.1) is 0 Å². The van der Waals surface area contributed by atoms with E-state index in [0.717, 1.165) is 21.9 Å². The van der Waals surface area contributed by atoms with E-state index in [1.54, 1.807) is 0 Å². The Balaban J connectivity index is 1.18. The highest BCUT2D eigenvalue weighted by Gasteiger charge is 2.46. The van der Waals surface area contributed by atoms with Crippen molar-refractivity contribution in [3.05, 3.63) is 202 Å². The molecule has 0 spiro atoms. The van der Waals surface area contributed by atoms with Crippen molar-refractivity contribution in [2.75, 3.05) is 9.80 Å². The van der Waals surface area contributed by atoms with Gasteiger partial charge < -0.3 is 18.8 Å². The average Bonchev–Trinajstić information content (AvgIpc) is 4.09. The van der Waals surface area contributed by atoms with Crippen molar-refractivity contribution in [1.29, 1.82) is 0 Å². The molecule has 0 aliphatic carbocycles. The number of aromatic nitrogens is 1. The second kappa shape index (κ2) is 16.9. The van der Waals surface area contributed by atoms with Crippen LogP contribution < -0.4 is 26.2 Å². The summed E-state index contributed by atoms with van der Waals surface area (Å²) in [6, 6.07) is 58.2. The van der Waals surface area contributed by atoms with E-state index in [9.17, 15) is 0 Å². The fourth-order valence-electron chi connectivity index (χ4n) is 13.5. The van der Waals surface area contributed by atoms with Crippen molar-refractivity contribution in [3.8, 4) is 16.8 Å². The van der Waals surface area contributed by atoms with Crippen LogP contribution in [0, 0.1) is 41.5 Å². The fourth-order valence-corrected chi connectivity index (χ4v) is 13.5. The summed E-state index contributed by atoms with van der Waals surface area (Å²) in [7, 11) is 0. The molecule has 0 saturated carbocycles. The topological polar surface area (TPSA) is 24.6 Å². The molecule has 382 valence electrons. The Labute approximate surface area is 456 Å². The third-order valence-corrected chi connectivity index (χ3v) is 17.3. The predicted molar refractivity (Wildman–Crippen MR) is 332 cm³/mol. The summed E-state index contributed by atoms with van der Waals surface area (Å²) < 4.78 is 9.02. The number of fused-ring (bicyclic) bond motifs is 10. The van der Waals surface area contributed by atoms with E-state index < -0.39 is 0 Å². The number of rotatable bonds is 4. The molecule has 0 N–H and O–H groups in total. The quantitative estimate of drug-likeness (QED) is 0.164. The van der Waals surface area contributed by atoms with E-state index in [1.807, 2.05) is 0 Å². The number of aryl methyl sites for hydroxylation is 6. The smallest absolute Gasteiger partial charge is 0.252 e. The van der Waals surface area contributed by atoms with Crippen LogP contribution in [0.25, 0.3) is 60.6 Å². The number of anilines is 6. The number of para-hydroxylation sites is 3. The molecule has 4 nitrogen and oxygen atoms in total. The van der Waals surface area contributed by atoms with E-state index in [1.165, 1.54) is 139 Å². The van der Waals surface area contributed by atoms with Gasteiger partial charge in [-0.05, 0) is 190 Å². The van der Waals surface area contributed by atoms with Gasteiger partial charge in [0.05, 0.1) is 28.1 Å². The molecule has 2 aliphatic heterocycles. The van der Waals surface area contributed by atoms with Gasteiger partial charge in [0.15, 0.2) is 0 Å². The lowest BCUT2D eigenvalue weighted by atomic mass is 9.33. The first-order chi connectivity index (χ1) is 36.6. The third-order valence-electron chi connectivity index (χ3n) is 17.3. The van der Waals surface area contributed by atoms with Crippen LogP contribution in [-0.4, -0.2) is 11.3 Å². The van der Waals surface area contributed by atoms with E-state index >= 15 is 0 Å². The molecule has 2 aliphatic rings. The minimum Gasteiger partial charge on any atom is -0.456 e. The fraction of sp³-hybridized carbons (Fsp3) is 0.250. The second-order valence-electron chi connectivity index (χ2n) is 25.8. The van der Waals surface area contributed by atoms with Crippen LogP contribution in [0.1, 0.15) is 112 Å². The molecule has 0 unspecified atom stereocenters. The molecule has 0 radical (unpaired) electrons. The summed E-state index contributed by atoms with van der Waals surface area (Å²) in [6.07, 6.45) is 0. The zero-order chi connectivity index (χ0) is 53.9. The molecule has 11 aromatic rings. The summed E-state index contributed by atoms with van der Waals surface area (Å²) in [5.74, 6) is 0. The van der Waals surface area contributed by atoms with Crippen LogP contribution in [0.15, 0.2) is 156 Å². The van der Waals surface area contributed by atoms with Gasteiger partial charge in [0.2, 0.25) is 0 Å². The highest BCUT2D eigenvalue weighted by atomic mass is 16.3. The number of benzene rings is 9. The van der Waals surface area contributed by atoms with Crippen LogP contribution in [0.4, 0.5) is 34.1 Å². The number of furan rings is 1.